The van der Waals surface area contributed by atoms with Gasteiger partial charge in [-0.2, -0.15) is 5.26 Å². The van der Waals surface area contributed by atoms with E-state index in [0.29, 0.717) is 17.3 Å². The Labute approximate surface area is 230 Å². The molecule has 0 aliphatic heterocycles. The molecule has 6 rings (SSSR count). The highest BCUT2D eigenvalue weighted by Crippen LogP contribution is 2.71. The molecule has 0 bridgehead atoms. The molecule has 0 aromatic rings. The molecule has 4 saturated carbocycles. The van der Waals surface area contributed by atoms with Gasteiger partial charge in [-0.25, -0.2) is 0 Å². The first-order valence-corrected chi connectivity index (χ1v) is 15.3. The van der Waals surface area contributed by atoms with Crippen LogP contribution >= 0.6 is 0 Å². The maximum Gasteiger partial charge on any atom is 0.159 e. The van der Waals surface area contributed by atoms with E-state index in [1.165, 1.54) is 12.0 Å². The third-order valence-electron chi connectivity index (χ3n) is 13.3. The predicted octanol–water partition coefficient (Wildman–Crippen LogP) is 8.17. The molecule has 0 heterocycles. The van der Waals surface area contributed by atoms with Crippen LogP contribution in [0.15, 0.2) is 35.5 Å². The van der Waals surface area contributed by atoms with Crippen LogP contribution in [0.5, 0.6) is 0 Å². The normalized spacial score (nSPS) is 45.2. The first-order valence-electron chi connectivity index (χ1n) is 15.3. The molecule has 38 heavy (non-hydrogen) atoms. The van der Waals surface area contributed by atoms with Gasteiger partial charge in [0.1, 0.15) is 5.78 Å². The average Bonchev–Trinajstić information content (AvgIpc) is 2.81. The molecule has 0 amide bonds. The SMILES string of the molecule is C=C1C(C#N)=CC2(C)C3=CC(=O)C4C(CCC5(C(=O)C6CCC6)CCC(C)(C)CC45)C3(C)CCC2C1(C)C. The van der Waals surface area contributed by atoms with Crippen molar-refractivity contribution in [2.75, 3.05) is 0 Å². The Morgan fingerprint density at radius 3 is 2.32 bits per heavy atom. The van der Waals surface area contributed by atoms with Gasteiger partial charge in [0.2, 0.25) is 0 Å². The lowest BCUT2D eigenvalue weighted by Crippen LogP contribution is -2.62. The number of nitriles is 1. The van der Waals surface area contributed by atoms with E-state index in [-0.39, 0.29) is 56.5 Å². The van der Waals surface area contributed by atoms with Crippen molar-refractivity contribution in [2.45, 2.75) is 106 Å². The summed E-state index contributed by atoms with van der Waals surface area (Å²) in [6, 6.07) is 2.44. The Kier molecular flexibility index (Phi) is 5.57. The van der Waals surface area contributed by atoms with E-state index in [9.17, 15) is 14.9 Å². The highest BCUT2D eigenvalue weighted by molar-refractivity contribution is 5.97. The smallest absolute Gasteiger partial charge is 0.159 e. The largest absolute Gasteiger partial charge is 0.299 e. The lowest BCUT2D eigenvalue weighted by atomic mass is 9.37. The summed E-state index contributed by atoms with van der Waals surface area (Å²) in [6.07, 6.45) is 14.6. The van der Waals surface area contributed by atoms with Crippen molar-refractivity contribution in [1.82, 2.24) is 0 Å². The maximum absolute atomic E-state index is 14.4. The molecule has 4 fully saturated rings. The van der Waals surface area contributed by atoms with Crippen molar-refractivity contribution >= 4 is 11.6 Å². The summed E-state index contributed by atoms with van der Waals surface area (Å²) in [5.41, 5.74) is 2.16. The van der Waals surface area contributed by atoms with Crippen molar-refractivity contribution in [2.24, 2.45) is 56.7 Å². The van der Waals surface area contributed by atoms with E-state index in [1.807, 2.05) is 6.08 Å². The molecular formula is C35H47NO2. The summed E-state index contributed by atoms with van der Waals surface area (Å²) >= 11 is 0. The van der Waals surface area contributed by atoms with Crippen molar-refractivity contribution in [3.8, 4) is 6.07 Å². The van der Waals surface area contributed by atoms with E-state index in [0.717, 1.165) is 63.4 Å². The average molecular weight is 514 g/mol. The number of rotatable bonds is 2. The fourth-order valence-electron chi connectivity index (χ4n) is 10.9. The Bertz CT molecular complexity index is 1220. The van der Waals surface area contributed by atoms with Crippen molar-refractivity contribution < 1.29 is 9.59 Å². The Morgan fingerprint density at radius 1 is 0.974 bits per heavy atom. The summed E-state index contributed by atoms with van der Waals surface area (Å²) < 4.78 is 0. The molecule has 6 aliphatic carbocycles. The molecule has 3 nitrogen and oxygen atoms in total. The number of Topliss-reactive ketones (excluding diaryl/α,β-unsaturated/α-hetero) is 1. The first kappa shape index (κ1) is 26.3. The molecular weight excluding hydrogens is 466 g/mol. The second-order valence-electron chi connectivity index (χ2n) is 15.9. The third kappa shape index (κ3) is 3.25. The molecule has 0 saturated heterocycles. The summed E-state index contributed by atoms with van der Waals surface area (Å²) in [4.78, 5) is 28.5. The number of nitrogens with zero attached hydrogens (tertiary/aromatic N) is 1. The number of allylic oxidation sites excluding steroid dienone is 5. The Balaban J connectivity index is 1.47. The van der Waals surface area contributed by atoms with Gasteiger partial charge in [-0.1, -0.05) is 66.2 Å². The zero-order valence-electron chi connectivity index (χ0n) is 24.6. The minimum Gasteiger partial charge on any atom is -0.299 e. The molecule has 0 aromatic carbocycles. The Morgan fingerprint density at radius 2 is 1.68 bits per heavy atom. The highest BCUT2D eigenvalue weighted by Gasteiger charge is 2.66. The minimum absolute atomic E-state index is 0.0489. The molecule has 0 aromatic heterocycles. The monoisotopic (exact) mass is 513 g/mol. The van der Waals surface area contributed by atoms with Gasteiger partial charge in [-0.05, 0) is 103 Å². The number of hydrogen-bond acceptors (Lipinski definition) is 3. The number of fused-ring (bicyclic) bond motifs is 7. The zero-order valence-corrected chi connectivity index (χ0v) is 24.6. The molecule has 204 valence electrons. The minimum atomic E-state index is -0.328. The van der Waals surface area contributed by atoms with Crippen molar-refractivity contribution in [3.05, 3.63) is 35.5 Å². The standard InChI is InChI=1S/C35H47NO2/c1-21-23(20-36)18-34(7)27(32(21,4)5)12-13-33(6)24-11-14-35(30(38)22-9-8-10-22)16-15-31(2,3)19-25(35)29(24)26(37)17-28(33)34/h17-18,22,24-25,27,29H,1,8-16,19H2,2-7H3. The van der Waals surface area contributed by atoms with E-state index >= 15 is 0 Å². The van der Waals surface area contributed by atoms with Gasteiger partial charge < -0.3 is 0 Å². The van der Waals surface area contributed by atoms with E-state index < -0.39 is 0 Å². The molecule has 0 spiro atoms. The summed E-state index contributed by atoms with van der Waals surface area (Å²) in [5, 5.41) is 10.0. The fraction of sp³-hybridized carbons (Fsp3) is 0.743. The molecule has 3 heteroatoms. The molecule has 6 aliphatic rings. The zero-order chi connectivity index (χ0) is 27.5. The maximum atomic E-state index is 14.4. The van der Waals surface area contributed by atoms with Crippen LogP contribution in [-0.2, 0) is 9.59 Å². The van der Waals surface area contributed by atoms with Crippen LogP contribution in [0.25, 0.3) is 0 Å². The molecule has 7 atom stereocenters. The summed E-state index contributed by atoms with van der Waals surface area (Å²) in [5.74, 6) is 1.73. The van der Waals surface area contributed by atoms with Crippen molar-refractivity contribution in [1.29, 1.82) is 5.26 Å². The van der Waals surface area contributed by atoms with Crippen LogP contribution in [0.4, 0.5) is 0 Å². The predicted molar refractivity (Wildman–Crippen MR) is 151 cm³/mol. The second-order valence-corrected chi connectivity index (χ2v) is 15.9. The number of carbonyl (C=O) groups excluding carboxylic acids is 2. The number of hydrogen-bond donors (Lipinski definition) is 0. The quantitative estimate of drug-likeness (QED) is 0.374. The van der Waals surface area contributed by atoms with Gasteiger partial charge in [0.15, 0.2) is 5.78 Å². The third-order valence-corrected chi connectivity index (χ3v) is 13.3. The number of carbonyl (C=O) groups is 2. The van der Waals surface area contributed by atoms with Gasteiger partial charge in [-0.15, -0.1) is 0 Å². The van der Waals surface area contributed by atoms with Crippen LogP contribution in [0, 0.1) is 68.0 Å². The fourth-order valence-corrected chi connectivity index (χ4v) is 10.9. The van der Waals surface area contributed by atoms with Gasteiger partial charge in [0.05, 0.1) is 11.6 Å². The van der Waals surface area contributed by atoms with Crippen LogP contribution in [0.2, 0.25) is 0 Å². The van der Waals surface area contributed by atoms with Crippen LogP contribution in [0.3, 0.4) is 0 Å². The number of ketones is 2. The second kappa shape index (κ2) is 8.05. The van der Waals surface area contributed by atoms with Gasteiger partial charge in [0, 0.05) is 22.7 Å². The molecule has 7 unspecified atom stereocenters. The van der Waals surface area contributed by atoms with Crippen LogP contribution in [-0.4, -0.2) is 11.6 Å². The van der Waals surface area contributed by atoms with Crippen molar-refractivity contribution in [3.63, 3.8) is 0 Å². The molecule has 0 N–H and O–H groups in total. The van der Waals surface area contributed by atoms with Gasteiger partial charge in [-0.3, -0.25) is 9.59 Å². The topological polar surface area (TPSA) is 57.9 Å². The molecule has 0 radical (unpaired) electrons. The van der Waals surface area contributed by atoms with Gasteiger partial charge in [0.25, 0.3) is 0 Å². The Hall–Kier alpha value is -1.95. The summed E-state index contributed by atoms with van der Waals surface area (Å²) in [6.45, 7) is 18.2. The van der Waals surface area contributed by atoms with Crippen LogP contribution in [0.1, 0.15) is 106 Å². The van der Waals surface area contributed by atoms with E-state index in [1.54, 1.807) is 0 Å². The lowest BCUT2D eigenvalue weighted by molar-refractivity contribution is -0.164. The van der Waals surface area contributed by atoms with Gasteiger partial charge >= 0.3 is 0 Å². The highest BCUT2D eigenvalue weighted by atomic mass is 16.1. The summed E-state index contributed by atoms with van der Waals surface area (Å²) in [7, 11) is 0. The van der Waals surface area contributed by atoms with E-state index in [2.05, 4.69) is 60.3 Å². The lowest BCUT2D eigenvalue weighted by Gasteiger charge is -2.65. The van der Waals surface area contributed by atoms with Crippen LogP contribution < -0.4 is 0 Å². The first-order chi connectivity index (χ1) is 17.7. The van der Waals surface area contributed by atoms with E-state index in [4.69, 9.17) is 0 Å².